The molecule has 0 aromatic heterocycles. The maximum Gasteiger partial charge on any atom is 0.161 e. The summed E-state index contributed by atoms with van der Waals surface area (Å²) in [6.45, 7) is 2.41. The van der Waals surface area contributed by atoms with Gasteiger partial charge in [0.25, 0.3) is 0 Å². The summed E-state index contributed by atoms with van der Waals surface area (Å²) in [5.74, 6) is 2.60. The minimum absolute atomic E-state index is 0.483. The van der Waals surface area contributed by atoms with Crippen LogP contribution in [0.4, 0.5) is 0 Å². The van der Waals surface area contributed by atoms with Crippen molar-refractivity contribution in [1.29, 1.82) is 0 Å². The maximum absolute atomic E-state index is 5.84. The molecular weight excluding hydrogens is 252 g/mol. The summed E-state index contributed by atoms with van der Waals surface area (Å²) in [6, 6.07) is 5.82. The van der Waals surface area contributed by atoms with E-state index in [0.29, 0.717) is 11.8 Å². The second-order valence-corrected chi connectivity index (χ2v) is 4.75. The first-order valence-electron chi connectivity index (χ1n) is 6.27. The minimum Gasteiger partial charge on any atom is -0.493 e. The average molecular weight is 271 g/mol. The molecule has 0 spiro atoms. The van der Waals surface area contributed by atoms with E-state index in [9.17, 15) is 0 Å². The van der Waals surface area contributed by atoms with E-state index in [1.54, 1.807) is 7.11 Å². The zero-order valence-electron chi connectivity index (χ0n) is 10.7. The lowest BCUT2D eigenvalue weighted by Crippen LogP contribution is -2.21. The molecule has 1 saturated heterocycles. The summed E-state index contributed by atoms with van der Waals surface area (Å²) in [6.07, 6.45) is 2.14. The highest BCUT2D eigenvalue weighted by Gasteiger charge is 2.15. The quantitative estimate of drug-likeness (QED) is 0.769. The smallest absolute Gasteiger partial charge is 0.161 e. The largest absolute Gasteiger partial charge is 0.493 e. The highest BCUT2D eigenvalue weighted by molar-refractivity contribution is 6.17. The van der Waals surface area contributed by atoms with Crippen LogP contribution in [0.3, 0.4) is 0 Å². The Morgan fingerprint density at radius 3 is 2.72 bits per heavy atom. The lowest BCUT2D eigenvalue weighted by molar-refractivity contribution is 0.0493. The lowest BCUT2D eigenvalue weighted by Gasteiger charge is -2.22. The fourth-order valence-corrected chi connectivity index (χ4v) is 2.20. The third-order valence-electron chi connectivity index (χ3n) is 3.20. The molecule has 100 valence electrons. The van der Waals surface area contributed by atoms with Crippen molar-refractivity contribution in [2.24, 2.45) is 5.92 Å². The molecule has 0 N–H and O–H groups in total. The van der Waals surface area contributed by atoms with Crippen molar-refractivity contribution in [2.45, 2.75) is 18.7 Å². The molecule has 1 aromatic carbocycles. The van der Waals surface area contributed by atoms with Gasteiger partial charge in [-0.15, -0.1) is 11.6 Å². The van der Waals surface area contributed by atoms with Crippen LogP contribution in [0.5, 0.6) is 11.5 Å². The van der Waals surface area contributed by atoms with Gasteiger partial charge in [0.2, 0.25) is 0 Å². The Morgan fingerprint density at radius 2 is 2.06 bits per heavy atom. The second kappa shape index (κ2) is 6.86. The van der Waals surface area contributed by atoms with Gasteiger partial charge in [-0.05, 0) is 36.5 Å². The first-order chi connectivity index (χ1) is 8.83. The Morgan fingerprint density at radius 1 is 1.28 bits per heavy atom. The van der Waals surface area contributed by atoms with Crippen molar-refractivity contribution in [1.82, 2.24) is 0 Å². The standard InChI is InChI=1S/C14H19ClO3/c1-16-14-8-12(9-15)2-3-13(14)18-10-11-4-6-17-7-5-11/h2-3,8,11H,4-7,9-10H2,1H3. The van der Waals surface area contributed by atoms with Crippen molar-refractivity contribution >= 4 is 11.6 Å². The number of rotatable bonds is 5. The van der Waals surface area contributed by atoms with E-state index < -0.39 is 0 Å². The van der Waals surface area contributed by atoms with Crippen LogP contribution in [0, 0.1) is 5.92 Å². The highest BCUT2D eigenvalue weighted by atomic mass is 35.5. The predicted octanol–water partition coefficient (Wildman–Crippen LogP) is 3.24. The summed E-state index contributed by atoms with van der Waals surface area (Å²) >= 11 is 5.80. The zero-order chi connectivity index (χ0) is 12.8. The molecule has 0 aliphatic carbocycles. The number of alkyl halides is 1. The summed E-state index contributed by atoms with van der Waals surface area (Å²) < 4.78 is 16.5. The van der Waals surface area contributed by atoms with Crippen LogP contribution in [-0.2, 0) is 10.6 Å². The maximum atomic E-state index is 5.84. The van der Waals surface area contributed by atoms with Gasteiger partial charge in [0.15, 0.2) is 11.5 Å². The second-order valence-electron chi connectivity index (χ2n) is 4.49. The number of benzene rings is 1. The Kier molecular flexibility index (Phi) is 5.14. The van der Waals surface area contributed by atoms with Gasteiger partial charge >= 0.3 is 0 Å². The molecule has 0 amide bonds. The molecule has 0 radical (unpaired) electrons. The van der Waals surface area contributed by atoms with E-state index in [-0.39, 0.29) is 0 Å². The van der Waals surface area contributed by atoms with Crippen LogP contribution in [0.25, 0.3) is 0 Å². The number of halogens is 1. The Bertz CT molecular complexity index is 375. The van der Waals surface area contributed by atoms with Crippen molar-refractivity contribution in [2.75, 3.05) is 26.9 Å². The first-order valence-corrected chi connectivity index (χ1v) is 6.80. The summed E-state index contributed by atoms with van der Waals surface area (Å²) in [5.41, 5.74) is 1.03. The van der Waals surface area contributed by atoms with Crippen LogP contribution < -0.4 is 9.47 Å². The van der Waals surface area contributed by atoms with Gasteiger partial charge in [-0.3, -0.25) is 0 Å². The highest BCUT2D eigenvalue weighted by Crippen LogP contribution is 2.29. The lowest BCUT2D eigenvalue weighted by atomic mass is 10.0. The predicted molar refractivity (Wildman–Crippen MR) is 71.6 cm³/mol. The monoisotopic (exact) mass is 270 g/mol. The van der Waals surface area contributed by atoms with Crippen molar-refractivity contribution in [3.63, 3.8) is 0 Å². The molecule has 1 aliphatic heterocycles. The van der Waals surface area contributed by atoms with Gasteiger partial charge in [-0.25, -0.2) is 0 Å². The van der Waals surface area contributed by atoms with Gasteiger partial charge in [-0.1, -0.05) is 6.07 Å². The van der Waals surface area contributed by atoms with E-state index in [1.807, 2.05) is 18.2 Å². The minimum atomic E-state index is 0.483. The molecule has 1 aliphatic rings. The number of hydrogen-bond donors (Lipinski definition) is 0. The molecule has 4 heteroatoms. The van der Waals surface area contributed by atoms with E-state index in [1.165, 1.54) is 0 Å². The molecule has 1 aromatic rings. The molecule has 18 heavy (non-hydrogen) atoms. The molecular formula is C14H19ClO3. The number of hydrogen-bond acceptors (Lipinski definition) is 3. The van der Waals surface area contributed by atoms with E-state index in [4.69, 9.17) is 25.8 Å². The number of methoxy groups -OCH3 is 1. The molecule has 0 saturated carbocycles. The van der Waals surface area contributed by atoms with E-state index in [2.05, 4.69) is 0 Å². The van der Waals surface area contributed by atoms with Gasteiger partial charge in [0, 0.05) is 19.1 Å². The molecule has 0 atom stereocenters. The van der Waals surface area contributed by atoms with Crippen LogP contribution in [0.1, 0.15) is 18.4 Å². The van der Waals surface area contributed by atoms with Crippen LogP contribution in [0.15, 0.2) is 18.2 Å². The van der Waals surface area contributed by atoms with Crippen molar-refractivity contribution in [3.8, 4) is 11.5 Å². The Labute approximate surface area is 113 Å². The normalized spacial score (nSPS) is 16.6. The van der Waals surface area contributed by atoms with Crippen LogP contribution in [0.2, 0.25) is 0 Å². The summed E-state index contributed by atoms with van der Waals surface area (Å²) in [5, 5.41) is 0. The third kappa shape index (κ3) is 3.53. The molecule has 0 bridgehead atoms. The third-order valence-corrected chi connectivity index (χ3v) is 3.51. The molecule has 2 rings (SSSR count). The van der Waals surface area contributed by atoms with Gasteiger partial charge in [0.1, 0.15) is 0 Å². The van der Waals surface area contributed by atoms with Crippen molar-refractivity contribution < 1.29 is 14.2 Å². The zero-order valence-corrected chi connectivity index (χ0v) is 11.4. The van der Waals surface area contributed by atoms with Crippen LogP contribution >= 0.6 is 11.6 Å². The van der Waals surface area contributed by atoms with Gasteiger partial charge < -0.3 is 14.2 Å². The average Bonchev–Trinajstić information content (AvgIpc) is 2.46. The SMILES string of the molecule is COc1cc(CCl)ccc1OCC1CCOCC1. The Hall–Kier alpha value is -0.930. The van der Waals surface area contributed by atoms with E-state index in [0.717, 1.165) is 49.7 Å². The molecule has 1 heterocycles. The molecule has 3 nitrogen and oxygen atoms in total. The van der Waals surface area contributed by atoms with E-state index >= 15 is 0 Å². The van der Waals surface area contributed by atoms with Crippen LogP contribution in [-0.4, -0.2) is 26.9 Å². The number of ether oxygens (including phenoxy) is 3. The Balaban J connectivity index is 1.95. The topological polar surface area (TPSA) is 27.7 Å². The van der Waals surface area contributed by atoms with Crippen molar-refractivity contribution in [3.05, 3.63) is 23.8 Å². The first kappa shape index (κ1) is 13.5. The fourth-order valence-electron chi connectivity index (χ4n) is 2.04. The summed E-state index contributed by atoms with van der Waals surface area (Å²) in [4.78, 5) is 0. The summed E-state index contributed by atoms with van der Waals surface area (Å²) in [7, 11) is 1.65. The molecule has 0 unspecified atom stereocenters. The van der Waals surface area contributed by atoms with Gasteiger partial charge in [0.05, 0.1) is 13.7 Å². The fraction of sp³-hybridized carbons (Fsp3) is 0.571. The van der Waals surface area contributed by atoms with Gasteiger partial charge in [-0.2, -0.15) is 0 Å². The molecule has 1 fully saturated rings.